The minimum Gasteiger partial charge on any atom is -0.324 e. The third-order valence-corrected chi connectivity index (χ3v) is 5.26. The lowest BCUT2D eigenvalue weighted by Crippen LogP contribution is -2.14. The largest absolute Gasteiger partial charge is 0.324 e. The van der Waals surface area contributed by atoms with E-state index in [1.807, 2.05) is 42.7 Å². The molecule has 0 heterocycles. The molecule has 0 aromatic heterocycles. The summed E-state index contributed by atoms with van der Waals surface area (Å²) < 4.78 is 0. The van der Waals surface area contributed by atoms with E-state index in [1.54, 1.807) is 23.5 Å². The molecule has 23 heavy (non-hydrogen) atoms. The van der Waals surface area contributed by atoms with Crippen molar-refractivity contribution in [3.05, 3.63) is 66.7 Å². The van der Waals surface area contributed by atoms with Gasteiger partial charge in [-0.15, -0.1) is 23.5 Å². The summed E-state index contributed by atoms with van der Waals surface area (Å²) in [4.78, 5) is 14.4. The number of carbonyl (C=O) groups is 1. The van der Waals surface area contributed by atoms with Gasteiger partial charge in [-0.1, -0.05) is 42.5 Å². The minimum absolute atomic E-state index is 0.0182. The summed E-state index contributed by atoms with van der Waals surface area (Å²) in [6.45, 7) is 0. The van der Waals surface area contributed by atoms with Gasteiger partial charge in [-0.25, -0.2) is 0 Å². The van der Waals surface area contributed by atoms with Crippen molar-refractivity contribution in [1.29, 1.82) is 0 Å². The van der Waals surface area contributed by atoms with Crippen LogP contribution in [0.3, 0.4) is 0 Å². The van der Waals surface area contributed by atoms with E-state index in [-0.39, 0.29) is 5.91 Å². The van der Waals surface area contributed by atoms with Crippen LogP contribution in [-0.4, -0.2) is 17.9 Å². The monoisotopic (exact) mass is 339 g/mol. The average molecular weight is 339 g/mol. The first kappa shape index (κ1) is 16.0. The van der Waals surface area contributed by atoms with Gasteiger partial charge in [0, 0.05) is 9.79 Å². The van der Waals surface area contributed by atoms with Gasteiger partial charge < -0.3 is 5.32 Å². The van der Waals surface area contributed by atoms with Crippen LogP contribution >= 0.6 is 23.5 Å². The van der Waals surface area contributed by atoms with Crippen LogP contribution in [0.4, 0.5) is 5.69 Å². The molecule has 0 unspecified atom stereocenters. The Morgan fingerprint density at radius 3 is 2.52 bits per heavy atom. The van der Waals surface area contributed by atoms with Crippen molar-refractivity contribution in [2.24, 2.45) is 0 Å². The average Bonchev–Trinajstić information content (AvgIpc) is 2.60. The number of hydrogen-bond acceptors (Lipinski definition) is 3. The second-order valence-corrected chi connectivity index (χ2v) is 6.94. The molecule has 2 nitrogen and oxygen atoms in total. The summed E-state index contributed by atoms with van der Waals surface area (Å²) >= 11 is 3.19. The molecular weight excluding hydrogens is 322 g/mol. The Kier molecular flexibility index (Phi) is 5.26. The van der Waals surface area contributed by atoms with Gasteiger partial charge in [-0.05, 0) is 41.3 Å². The van der Waals surface area contributed by atoms with Crippen LogP contribution in [0.5, 0.6) is 0 Å². The van der Waals surface area contributed by atoms with Crippen LogP contribution in [0.1, 0.15) is 0 Å². The van der Waals surface area contributed by atoms with Gasteiger partial charge in [-0.3, -0.25) is 4.79 Å². The number of nitrogens with one attached hydrogen (secondary N) is 1. The molecular formula is C19H17NOS2. The number of rotatable bonds is 5. The molecule has 0 aliphatic carbocycles. The van der Waals surface area contributed by atoms with Crippen molar-refractivity contribution >= 4 is 45.9 Å². The van der Waals surface area contributed by atoms with Gasteiger partial charge in [0.15, 0.2) is 0 Å². The van der Waals surface area contributed by atoms with Crippen LogP contribution in [-0.2, 0) is 4.79 Å². The van der Waals surface area contributed by atoms with Gasteiger partial charge in [0.05, 0.1) is 11.4 Å². The van der Waals surface area contributed by atoms with E-state index in [1.165, 1.54) is 10.8 Å². The van der Waals surface area contributed by atoms with Gasteiger partial charge in [0.1, 0.15) is 0 Å². The molecule has 0 aliphatic rings. The minimum atomic E-state index is 0.0182. The van der Waals surface area contributed by atoms with Crippen molar-refractivity contribution in [1.82, 2.24) is 0 Å². The number of hydrogen-bond donors (Lipinski definition) is 1. The Balaban J connectivity index is 1.63. The number of amides is 1. The van der Waals surface area contributed by atoms with Crippen molar-refractivity contribution in [2.45, 2.75) is 9.79 Å². The number of para-hydroxylation sites is 1. The summed E-state index contributed by atoms with van der Waals surface area (Å²) in [5.74, 6) is 0.422. The fourth-order valence-electron chi connectivity index (χ4n) is 2.34. The molecule has 1 N–H and O–H groups in total. The SMILES string of the molecule is CSc1ccccc1NC(=O)CSc1ccc2ccccc2c1. The lowest BCUT2D eigenvalue weighted by atomic mass is 10.1. The fraction of sp³-hybridized carbons (Fsp3) is 0.105. The van der Waals surface area contributed by atoms with E-state index < -0.39 is 0 Å². The highest BCUT2D eigenvalue weighted by Crippen LogP contribution is 2.26. The van der Waals surface area contributed by atoms with E-state index >= 15 is 0 Å². The first-order valence-corrected chi connectivity index (χ1v) is 9.52. The molecule has 0 aliphatic heterocycles. The number of thioether (sulfide) groups is 2. The molecule has 0 spiro atoms. The lowest BCUT2D eigenvalue weighted by Gasteiger charge is -2.09. The zero-order valence-electron chi connectivity index (χ0n) is 12.8. The van der Waals surface area contributed by atoms with Crippen molar-refractivity contribution in [2.75, 3.05) is 17.3 Å². The molecule has 3 rings (SSSR count). The van der Waals surface area contributed by atoms with E-state index in [0.29, 0.717) is 5.75 Å². The molecule has 0 atom stereocenters. The summed E-state index contributed by atoms with van der Waals surface area (Å²) in [5.41, 5.74) is 0.879. The molecule has 4 heteroatoms. The summed E-state index contributed by atoms with van der Waals surface area (Å²) in [6, 6.07) is 22.4. The first-order valence-electron chi connectivity index (χ1n) is 7.31. The molecule has 0 bridgehead atoms. The zero-order chi connectivity index (χ0) is 16.1. The summed E-state index contributed by atoms with van der Waals surface area (Å²) in [5, 5.41) is 5.41. The van der Waals surface area contributed by atoms with E-state index in [0.717, 1.165) is 15.5 Å². The predicted molar refractivity (Wildman–Crippen MR) is 102 cm³/mol. The van der Waals surface area contributed by atoms with Crippen LogP contribution in [0.2, 0.25) is 0 Å². The molecule has 0 fully saturated rings. The molecule has 3 aromatic rings. The van der Waals surface area contributed by atoms with E-state index in [4.69, 9.17) is 0 Å². The molecule has 116 valence electrons. The van der Waals surface area contributed by atoms with Crippen LogP contribution in [0, 0.1) is 0 Å². The second-order valence-electron chi connectivity index (χ2n) is 5.05. The van der Waals surface area contributed by atoms with Crippen molar-refractivity contribution in [3.8, 4) is 0 Å². The smallest absolute Gasteiger partial charge is 0.234 e. The Morgan fingerprint density at radius 1 is 0.957 bits per heavy atom. The van der Waals surface area contributed by atoms with Gasteiger partial charge >= 0.3 is 0 Å². The van der Waals surface area contributed by atoms with Crippen LogP contribution in [0.25, 0.3) is 10.8 Å². The standard InChI is InChI=1S/C19H17NOS2/c1-22-18-9-5-4-8-17(18)20-19(21)13-23-16-11-10-14-6-2-3-7-15(14)12-16/h2-12H,13H2,1H3,(H,20,21). The van der Waals surface area contributed by atoms with E-state index in [9.17, 15) is 4.79 Å². The normalized spacial score (nSPS) is 10.7. The van der Waals surface area contributed by atoms with Gasteiger partial charge in [0.25, 0.3) is 0 Å². The number of benzene rings is 3. The molecule has 0 radical (unpaired) electrons. The third-order valence-electron chi connectivity index (χ3n) is 3.47. The summed E-state index contributed by atoms with van der Waals surface area (Å²) in [6.07, 6.45) is 2.01. The summed E-state index contributed by atoms with van der Waals surface area (Å²) in [7, 11) is 0. The third kappa shape index (κ3) is 4.09. The Labute approximate surface area is 144 Å². The molecule has 0 saturated carbocycles. The quantitative estimate of drug-likeness (QED) is 0.640. The maximum absolute atomic E-state index is 12.2. The molecule has 1 amide bonds. The lowest BCUT2D eigenvalue weighted by molar-refractivity contribution is -0.113. The second kappa shape index (κ2) is 7.57. The fourth-order valence-corrected chi connectivity index (χ4v) is 3.64. The van der Waals surface area contributed by atoms with Crippen molar-refractivity contribution in [3.63, 3.8) is 0 Å². The Bertz CT molecular complexity index is 832. The first-order chi connectivity index (χ1) is 11.3. The highest BCUT2D eigenvalue weighted by Gasteiger charge is 2.07. The highest BCUT2D eigenvalue weighted by molar-refractivity contribution is 8.00. The maximum atomic E-state index is 12.2. The Morgan fingerprint density at radius 2 is 1.70 bits per heavy atom. The van der Waals surface area contributed by atoms with E-state index in [2.05, 4.69) is 35.6 Å². The zero-order valence-corrected chi connectivity index (χ0v) is 14.4. The van der Waals surface area contributed by atoms with Crippen LogP contribution in [0.15, 0.2) is 76.5 Å². The Hall–Kier alpha value is -1.91. The van der Waals surface area contributed by atoms with Crippen LogP contribution < -0.4 is 5.32 Å². The number of anilines is 1. The van der Waals surface area contributed by atoms with Gasteiger partial charge in [0.2, 0.25) is 5.91 Å². The highest BCUT2D eigenvalue weighted by atomic mass is 32.2. The number of carbonyl (C=O) groups excluding carboxylic acids is 1. The van der Waals surface area contributed by atoms with Gasteiger partial charge in [-0.2, -0.15) is 0 Å². The maximum Gasteiger partial charge on any atom is 0.234 e. The molecule has 3 aromatic carbocycles. The topological polar surface area (TPSA) is 29.1 Å². The number of fused-ring (bicyclic) bond motifs is 1. The van der Waals surface area contributed by atoms with Crippen molar-refractivity contribution < 1.29 is 4.79 Å². The predicted octanol–water partition coefficient (Wildman–Crippen LogP) is 5.29. The molecule has 0 saturated heterocycles.